The van der Waals surface area contributed by atoms with Crippen LogP contribution in [0.15, 0.2) is 48.5 Å². The van der Waals surface area contributed by atoms with Crippen LogP contribution in [0.25, 0.3) is 0 Å². The van der Waals surface area contributed by atoms with Crippen LogP contribution < -0.4 is 20.4 Å². The molecule has 0 unspecified atom stereocenters. The molecular formula is C21H26F2N4O2+2. The van der Waals surface area contributed by atoms with Crippen LogP contribution in [0.1, 0.15) is 6.92 Å². The van der Waals surface area contributed by atoms with Crippen molar-refractivity contribution >= 4 is 23.2 Å². The molecular weight excluding hydrogens is 378 g/mol. The first-order chi connectivity index (χ1) is 13.9. The van der Waals surface area contributed by atoms with E-state index in [4.69, 9.17) is 0 Å². The van der Waals surface area contributed by atoms with E-state index in [2.05, 4.69) is 10.6 Å². The number of para-hydroxylation sites is 1. The Morgan fingerprint density at radius 1 is 1.00 bits per heavy atom. The van der Waals surface area contributed by atoms with Gasteiger partial charge in [-0.15, -0.1) is 0 Å². The number of rotatable bonds is 6. The Hall–Kier alpha value is -2.84. The molecule has 1 aliphatic rings. The van der Waals surface area contributed by atoms with Crippen molar-refractivity contribution in [2.24, 2.45) is 0 Å². The van der Waals surface area contributed by atoms with Gasteiger partial charge in [-0.05, 0) is 37.3 Å². The van der Waals surface area contributed by atoms with E-state index < -0.39 is 11.6 Å². The predicted molar refractivity (Wildman–Crippen MR) is 106 cm³/mol. The zero-order chi connectivity index (χ0) is 20.8. The number of piperazine rings is 1. The van der Waals surface area contributed by atoms with Gasteiger partial charge in [0.25, 0.3) is 11.8 Å². The third-order valence-corrected chi connectivity index (χ3v) is 5.26. The SMILES string of the molecule is C[C@@H](C(=O)Nc1ccccc1F)[NH+]1CC[NH+](CC(=O)Nc2cccc(F)c2)CC1. The first kappa shape index (κ1) is 20.9. The van der Waals surface area contributed by atoms with Gasteiger partial charge >= 0.3 is 0 Å². The van der Waals surface area contributed by atoms with Crippen LogP contribution in [-0.4, -0.2) is 50.6 Å². The highest BCUT2D eigenvalue weighted by atomic mass is 19.1. The summed E-state index contributed by atoms with van der Waals surface area (Å²) in [5.41, 5.74) is 0.624. The largest absolute Gasteiger partial charge is 0.321 e. The first-order valence-electron chi connectivity index (χ1n) is 9.71. The van der Waals surface area contributed by atoms with Gasteiger partial charge in [0.05, 0.1) is 5.69 Å². The molecule has 0 radical (unpaired) electrons. The lowest BCUT2D eigenvalue weighted by Gasteiger charge is -2.32. The zero-order valence-corrected chi connectivity index (χ0v) is 16.3. The van der Waals surface area contributed by atoms with Crippen LogP contribution in [0.3, 0.4) is 0 Å². The average Bonchev–Trinajstić information content (AvgIpc) is 2.69. The minimum atomic E-state index is -0.457. The fourth-order valence-corrected chi connectivity index (χ4v) is 3.52. The van der Waals surface area contributed by atoms with Gasteiger partial charge < -0.3 is 20.4 Å². The summed E-state index contributed by atoms with van der Waals surface area (Å²) in [4.78, 5) is 26.9. The molecule has 1 aliphatic heterocycles. The summed E-state index contributed by atoms with van der Waals surface area (Å²) in [7, 11) is 0. The Labute approximate surface area is 168 Å². The highest BCUT2D eigenvalue weighted by Crippen LogP contribution is 2.12. The molecule has 0 saturated carbocycles. The van der Waals surface area contributed by atoms with E-state index in [0.717, 1.165) is 36.0 Å². The summed E-state index contributed by atoms with van der Waals surface area (Å²) >= 11 is 0. The smallest absolute Gasteiger partial charge is 0.282 e. The highest BCUT2D eigenvalue weighted by molar-refractivity contribution is 5.93. The normalized spacial score (nSPS) is 20.0. The maximum atomic E-state index is 13.7. The summed E-state index contributed by atoms with van der Waals surface area (Å²) in [6.45, 7) is 5.06. The maximum absolute atomic E-state index is 13.7. The molecule has 1 heterocycles. The summed E-state index contributed by atoms with van der Waals surface area (Å²) in [5.74, 6) is -1.24. The van der Waals surface area contributed by atoms with E-state index >= 15 is 0 Å². The van der Waals surface area contributed by atoms with Crippen molar-refractivity contribution < 1.29 is 28.2 Å². The van der Waals surface area contributed by atoms with Gasteiger partial charge in [-0.3, -0.25) is 9.59 Å². The van der Waals surface area contributed by atoms with Crippen LogP contribution in [0.2, 0.25) is 0 Å². The molecule has 1 atom stereocenters. The molecule has 0 aromatic heterocycles. The summed E-state index contributed by atoms with van der Waals surface area (Å²) in [6.07, 6.45) is 0. The summed E-state index contributed by atoms with van der Waals surface area (Å²) < 4.78 is 26.9. The van der Waals surface area contributed by atoms with E-state index in [-0.39, 0.29) is 23.5 Å². The van der Waals surface area contributed by atoms with Crippen molar-refractivity contribution in [2.45, 2.75) is 13.0 Å². The molecule has 2 amide bonds. The Morgan fingerprint density at radius 3 is 2.41 bits per heavy atom. The topological polar surface area (TPSA) is 67.1 Å². The maximum Gasteiger partial charge on any atom is 0.282 e. The van der Waals surface area contributed by atoms with Crippen LogP contribution >= 0.6 is 0 Å². The van der Waals surface area contributed by atoms with E-state index in [9.17, 15) is 18.4 Å². The molecule has 0 aliphatic carbocycles. The van der Waals surface area contributed by atoms with Gasteiger partial charge in [-0.1, -0.05) is 18.2 Å². The van der Waals surface area contributed by atoms with Crippen LogP contribution in [0.5, 0.6) is 0 Å². The number of nitrogens with one attached hydrogen (secondary N) is 4. The van der Waals surface area contributed by atoms with Crippen LogP contribution in [-0.2, 0) is 9.59 Å². The van der Waals surface area contributed by atoms with Crippen molar-refractivity contribution in [1.82, 2.24) is 0 Å². The van der Waals surface area contributed by atoms with E-state index in [1.807, 2.05) is 6.92 Å². The fraction of sp³-hybridized carbons (Fsp3) is 0.333. The van der Waals surface area contributed by atoms with E-state index in [1.54, 1.807) is 24.3 Å². The molecule has 6 nitrogen and oxygen atoms in total. The molecule has 1 saturated heterocycles. The average molecular weight is 404 g/mol. The lowest BCUT2D eigenvalue weighted by Crippen LogP contribution is -3.30. The zero-order valence-electron chi connectivity index (χ0n) is 16.3. The molecule has 3 rings (SSSR count). The van der Waals surface area contributed by atoms with Gasteiger partial charge in [-0.2, -0.15) is 0 Å². The molecule has 8 heteroatoms. The number of carbonyl (C=O) groups is 2. The minimum absolute atomic E-state index is 0.167. The number of anilines is 2. The number of carbonyl (C=O) groups excluding carboxylic acids is 2. The quantitative estimate of drug-likeness (QED) is 0.535. The number of amides is 2. The number of quaternary nitrogens is 2. The van der Waals surface area contributed by atoms with Crippen molar-refractivity contribution in [1.29, 1.82) is 0 Å². The number of halogens is 2. The van der Waals surface area contributed by atoms with Crippen LogP contribution in [0.4, 0.5) is 20.2 Å². The Morgan fingerprint density at radius 2 is 1.72 bits per heavy atom. The fourth-order valence-electron chi connectivity index (χ4n) is 3.52. The van der Waals surface area contributed by atoms with Gasteiger partial charge in [0.15, 0.2) is 12.6 Å². The third-order valence-electron chi connectivity index (χ3n) is 5.26. The number of hydrogen-bond acceptors (Lipinski definition) is 2. The molecule has 154 valence electrons. The lowest BCUT2D eigenvalue weighted by atomic mass is 10.2. The molecule has 4 N–H and O–H groups in total. The predicted octanol–water partition coefficient (Wildman–Crippen LogP) is -0.286. The first-order valence-corrected chi connectivity index (χ1v) is 9.71. The van der Waals surface area contributed by atoms with Crippen LogP contribution in [0, 0.1) is 11.6 Å². The second-order valence-corrected chi connectivity index (χ2v) is 7.33. The van der Waals surface area contributed by atoms with Gasteiger partial charge in [0.2, 0.25) is 0 Å². The van der Waals surface area contributed by atoms with E-state index in [1.165, 1.54) is 24.3 Å². The Balaban J connectivity index is 1.45. The van der Waals surface area contributed by atoms with Crippen molar-refractivity contribution in [2.75, 3.05) is 43.4 Å². The third kappa shape index (κ3) is 5.82. The minimum Gasteiger partial charge on any atom is -0.321 e. The van der Waals surface area contributed by atoms with E-state index in [0.29, 0.717) is 12.2 Å². The Bertz CT molecular complexity index is 869. The van der Waals surface area contributed by atoms with Gasteiger partial charge in [0.1, 0.15) is 37.8 Å². The molecule has 0 bridgehead atoms. The van der Waals surface area contributed by atoms with Gasteiger partial charge in [0, 0.05) is 5.69 Å². The Kier molecular flexibility index (Phi) is 6.90. The monoisotopic (exact) mass is 404 g/mol. The van der Waals surface area contributed by atoms with Gasteiger partial charge in [-0.25, -0.2) is 8.78 Å². The summed E-state index contributed by atoms with van der Waals surface area (Å²) in [5, 5.41) is 5.35. The lowest BCUT2D eigenvalue weighted by molar-refractivity contribution is -1.01. The summed E-state index contributed by atoms with van der Waals surface area (Å²) in [6, 6.07) is 11.6. The van der Waals surface area contributed by atoms with Crippen molar-refractivity contribution in [3.63, 3.8) is 0 Å². The molecule has 1 fully saturated rings. The number of hydrogen-bond donors (Lipinski definition) is 4. The number of benzene rings is 2. The standard InChI is InChI=1S/C21H24F2N4O2/c1-15(21(29)25-19-8-3-2-7-18(19)23)27-11-9-26(10-12-27)14-20(28)24-17-6-4-5-16(22)13-17/h2-8,13,15H,9-12,14H2,1H3,(H,24,28)(H,25,29)/p+2/t15-/m0/s1. The van der Waals surface area contributed by atoms with Crippen molar-refractivity contribution in [3.05, 3.63) is 60.2 Å². The second kappa shape index (κ2) is 9.58. The molecule has 29 heavy (non-hydrogen) atoms. The van der Waals surface area contributed by atoms with Crippen molar-refractivity contribution in [3.8, 4) is 0 Å². The molecule has 2 aromatic rings. The molecule has 0 spiro atoms. The highest BCUT2D eigenvalue weighted by Gasteiger charge is 2.32. The molecule has 2 aromatic carbocycles. The second-order valence-electron chi connectivity index (χ2n) is 7.33.